The van der Waals surface area contributed by atoms with Crippen molar-refractivity contribution in [3.63, 3.8) is 0 Å². The highest BCUT2D eigenvalue weighted by atomic mass is 16.6. The molecular weight excluding hydrogens is 256 g/mol. The van der Waals surface area contributed by atoms with Gasteiger partial charge in [0, 0.05) is 5.92 Å². The fourth-order valence-corrected chi connectivity index (χ4v) is 2.69. The van der Waals surface area contributed by atoms with Crippen LogP contribution in [-0.4, -0.2) is 35.3 Å². The molecule has 4 nitrogen and oxygen atoms in total. The van der Waals surface area contributed by atoms with Gasteiger partial charge in [-0.15, -0.1) is 0 Å². The van der Waals surface area contributed by atoms with E-state index in [-0.39, 0.29) is 17.9 Å². The van der Waals surface area contributed by atoms with Crippen LogP contribution < -0.4 is 0 Å². The molecule has 1 aromatic carbocycles. The van der Waals surface area contributed by atoms with Crippen molar-refractivity contribution in [2.75, 3.05) is 6.61 Å². The summed E-state index contributed by atoms with van der Waals surface area (Å²) in [7, 11) is 0. The maximum Gasteiger partial charge on any atom is 0.161 e. The number of benzene rings is 1. The number of hydrogen-bond donors (Lipinski definition) is 2. The number of aliphatic hydroxyl groups excluding tert-OH is 2. The molecule has 0 spiro atoms. The molecule has 0 saturated carbocycles. The Balaban J connectivity index is 1.85. The van der Waals surface area contributed by atoms with Crippen LogP contribution in [0, 0.1) is 11.3 Å². The summed E-state index contributed by atoms with van der Waals surface area (Å²) in [5.74, 6) is -0.298. The molecule has 4 atom stereocenters. The first-order valence-corrected chi connectivity index (χ1v) is 7.03. The summed E-state index contributed by atoms with van der Waals surface area (Å²) in [6.07, 6.45) is -2.12. The van der Waals surface area contributed by atoms with Crippen molar-refractivity contribution in [3.05, 3.63) is 35.9 Å². The average molecular weight is 280 g/mol. The van der Waals surface area contributed by atoms with Gasteiger partial charge in [0.25, 0.3) is 0 Å². The van der Waals surface area contributed by atoms with E-state index in [0.29, 0.717) is 6.61 Å². The highest BCUT2D eigenvalue weighted by Gasteiger charge is 2.48. The smallest absolute Gasteiger partial charge is 0.161 e. The third kappa shape index (κ3) is 3.58. The summed E-state index contributed by atoms with van der Waals surface area (Å²) >= 11 is 0. The van der Waals surface area contributed by atoms with E-state index in [9.17, 15) is 10.2 Å². The number of aliphatic hydroxyl groups is 2. The summed E-state index contributed by atoms with van der Waals surface area (Å²) in [6.45, 7) is 6.71. The predicted octanol–water partition coefficient (Wildman–Crippen LogP) is 1.94. The van der Waals surface area contributed by atoms with E-state index < -0.39 is 18.5 Å². The molecule has 2 rings (SSSR count). The van der Waals surface area contributed by atoms with Gasteiger partial charge in [-0.25, -0.2) is 0 Å². The maximum absolute atomic E-state index is 10.3. The molecule has 1 heterocycles. The molecule has 0 aliphatic carbocycles. The Morgan fingerprint density at radius 3 is 2.35 bits per heavy atom. The first-order valence-electron chi connectivity index (χ1n) is 7.03. The molecule has 0 unspecified atom stereocenters. The van der Waals surface area contributed by atoms with Gasteiger partial charge >= 0.3 is 0 Å². The van der Waals surface area contributed by atoms with Gasteiger partial charge in [0.2, 0.25) is 0 Å². The summed E-state index contributed by atoms with van der Waals surface area (Å²) in [5.41, 5.74) is 0.862. The molecule has 1 aromatic rings. The third-order valence-corrected chi connectivity index (χ3v) is 3.76. The second-order valence-electron chi connectivity index (χ2n) is 6.45. The molecule has 0 aromatic heterocycles. The zero-order chi connectivity index (χ0) is 14.8. The minimum absolute atomic E-state index is 0.215. The SMILES string of the molecule is CC(C)(C)[C@H]1[C@H](O)[C@@H](COCc2ccccc2)O[C@@H]1O. The zero-order valence-corrected chi connectivity index (χ0v) is 12.3. The second kappa shape index (κ2) is 6.22. The van der Waals surface area contributed by atoms with E-state index in [4.69, 9.17) is 9.47 Å². The minimum atomic E-state index is -0.935. The van der Waals surface area contributed by atoms with Crippen molar-refractivity contribution in [2.45, 2.75) is 45.9 Å². The van der Waals surface area contributed by atoms with E-state index in [2.05, 4.69) is 0 Å². The largest absolute Gasteiger partial charge is 0.390 e. The molecule has 0 amide bonds. The standard InChI is InChI=1S/C16H24O4/c1-16(2,3)13-14(17)12(20-15(13)18)10-19-9-11-7-5-4-6-8-11/h4-8,12-15,17-18H,9-10H2,1-3H3/t12-,13+,14-,15+/m1/s1. The molecule has 20 heavy (non-hydrogen) atoms. The van der Waals surface area contributed by atoms with E-state index in [1.165, 1.54) is 0 Å². The maximum atomic E-state index is 10.3. The van der Waals surface area contributed by atoms with Gasteiger partial charge < -0.3 is 19.7 Å². The first kappa shape index (κ1) is 15.4. The van der Waals surface area contributed by atoms with Crippen molar-refractivity contribution in [2.24, 2.45) is 11.3 Å². The van der Waals surface area contributed by atoms with Crippen molar-refractivity contribution in [3.8, 4) is 0 Å². The van der Waals surface area contributed by atoms with E-state index in [1.54, 1.807) is 0 Å². The van der Waals surface area contributed by atoms with Gasteiger partial charge in [0.1, 0.15) is 6.10 Å². The van der Waals surface area contributed by atoms with E-state index in [1.807, 2.05) is 51.1 Å². The van der Waals surface area contributed by atoms with Crippen molar-refractivity contribution >= 4 is 0 Å². The van der Waals surface area contributed by atoms with Crippen LogP contribution in [0.15, 0.2) is 30.3 Å². The molecular formula is C16H24O4. The second-order valence-corrected chi connectivity index (χ2v) is 6.45. The first-order chi connectivity index (χ1) is 9.39. The number of hydrogen-bond acceptors (Lipinski definition) is 4. The summed E-state index contributed by atoms with van der Waals surface area (Å²) in [4.78, 5) is 0. The Labute approximate surface area is 120 Å². The third-order valence-electron chi connectivity index (χ3n) is 3.76. The van der Waals surface area contributed by atoms with Crippen molar-refractivity contribution in [1.29, 1.82) is 0 Å². The molecule has 2 N–H and O–H groups in total. The van der Waals surface area contributed by atoms with Crippen LogP contribution >= 0.6 is 0 Å². The highest BCUT2D eigenvalue weighted by molar-refractivity contribution is 5.13. The summed E-state index contributed by atoms with van der Waals surface area (Å²) in [6, 6.07) is 9.84. The Kier molecular flexibility index (Phi) is 4.81. The van der Waals surface area contributed by atoms with E-state index >= 15 is 0 Å². The van der Waals surface area contributed by atoms with Gasteiger partial charge in [0.15, 0.2) is 6.29 Å². The fourth-order valence-electron chi connectivity index (χ4n) is 2.69. The Morgan fingerprint density at radius 1 is 1.15 bits per heavy atom. The lowest BCUT2D eigenvalue weighted by Crippen LogP contribution is -2.38. The molecule has 1 aliphatic heterocycles. The molecule has 1 fully saturated rings. The van der Waals surface area contributed by atoms with Gasteiger partial charge in [-0.05, 0) is 11.0 Å². The van der Waals surface area contributed by atoms with Gasteiger partial charge in [-0.1, -0.05) is 51.1 Å². The van der Waals surface area contributed by atoms with Gasteiger partial charge in [-0.3, -0.25) is 0 Å². The van der Waals surface area contributed by atoms with Crippen LogP contribution in [0.3, 0.4) is 0 Å². The number of ether oxygens (including phenoxy) is 2. The van der Waals surface area contributed by atoms with E-state index in [0.717, 1.165) is 5.56 Å². The fraction of sp³-hybridized carbons (Fsp3) is 0.625. The van der Waals surface area contributed by atoms with Crippen LogP contribution in [0.5, 0.6) is 0 Å². The summed E-state index contributed by atoms with van der Waals surface area (Å²) in [5, 5.41) is 20.2. The topological polar surface area (TPSA) is 58.9 Å². The van der Waals surface area contributed by atoms with Crippen LogP contribution in [0.25, 0.3) is 0 Å². The van der Waals surface area contributed by atoms with Gasteiger partial charge in [-0.2, -0.15) is 0 Å². The van der Waals surface area contributed by atoms with Crippen LogP contribution in [0.4, 0.5) is 0 Å². The quantitative estimate of drug-likeness (QED) is 0.885. The van der Waals surface area contributed by atoms with Crippen molar-refractivity contribution < 1.29 is 19.7 Å². The van der Waals surface area contributed by atoms with Crippen molar-refractivity contribution in [1.82, 2.24) is 0 Å². The summed E-state index contributed by atoms with van der Waals surface area (Å²) < 4.78 is 11.0. The molecule has 0 radical (unpaired) electrons. The lowest BCUT2D eigenvalue weighted by molar-refractivity contribution is -0.135. The molecule has 112 valence electrons. The van der Waals surface area contributed by atoms with Gasteiger partial charge in [0.05, 0.1) is 19.3 Å². The lowest BCUT2D eigenvalue weighted by atomic mass is 9.77. The van der Waals surface area contributed by atoms with Crippen LogP contribution in [-0.2, 0) is 16.1 Å². The Bertz CT molecular complexity index is 412. The minimum Gasteiger partial charge on any atom is -0.390 e. The predicted molar refractivity (Wildman–Crippen MR) is 75.9 cm³/mol. The molecule has 1 aliphatic rings. The van der Waals surface area contributed by atoms with Crippen LogP contribution in [0.2, 0.25) is 0 Å². The number of rotatable bonds is 4. The van der Waals surface area contributed by atoms with Crippen LogP contribution in [0.1, 0.15) is 26.3 Å². The molecule has 1 saturated heterocycles. The normalized spacial score (nSPS) is 30.6. The zero-order valence-electron chi connectivity index (χ0n) is 12.3. The lowest BCUT2D eigenvalue weighted by Gasteiger charge is -2.30. The Morgan fingerprint density at radius 2 is 1.80 bits per heavy atom. The molecule has 4 heteroatoms. The average Bonchev–Trinajstić information content (AvgIpc) is 2.65. The highest BCUT2D eigenvalue weighted by Crippen LogP contribution is 2.39. The molecule has 0 bridgehead atoms. The Hall–Kier alpha value is -0.940. The monoisotopic (exact) mass is 280 g/mol.